The zero-order chi connectivity index (χ0) is 20.0. The summed E-state index contributed by atoms with van der Waals surface area (Å²) in [4.78, 5) is 37.2. The van der Waals surface area contributed by atoms with Gasteiger partial charge < -0.3 is 24.8 Å². The summed E-state index contributed by atoms with van der Waals surface area (Å²) < 4.78 is 10.5. The van der Waals surface area contributed by atoms with E-state index in [4.69, 9.17) is 14.6 Å². The van der Waals surface area contributed by atoms with E-state index in [2.05, 4.69) is 5.32 Å². The fraction of sp³-hybridized carbons (Fsp3) is 0.526. The molecule has 0 aromatic heterocycles. The molecule has 27 heavy (non-hydrogen) atoms. The van der Waals surface area contributed by atoms with Crippen LogP contribution in [0.25, 0.3) is 0 Å². The maximum atomic E-state index is 12.3. The number of benzene rings is 1. The fourth-order valence-electron chi connectivity index (χ4n) is 3.09. The maximum Gasteiger partial charge on any atom is 0.326 e. The van der Waals surface area contributed by atoms with E-state index in [1.54, 1.807) is 26.0 Å². The Bertz CT molecular complexity index is 705. The van der Waals surface area contributed by atoms with Crippen molar-refractivity contribution in [2.75, 3.05) is 27.3 Å². The van der Waals surface area contributed by atoms with E-state index in [0.717, 1.165) is 5.56 Å². The zero-order valence-electron chi connectivity index (χ0n) is 15.9. The first-order valence-electron chi connectivity index (χ1n) is 8.91. The standard InChI is InChI=1S/C19H26N2O6/c1-4-14(19(24)25)20-18(23)13-10-17(22)21(11-13)8-7-12-5-6-15(26-2)16(9-12)27-3/h5-6,9,13-14H,4,7-8,10-11H2,1-3H3,(H,20,23)(H,24,25). The number of nitrogens with one attached hydrogen (secondary N) is 1. The predicted octanol–water partition coefficient (Wildman–Crippen LogP) is 1.07. The van der Waals surface area contributed by atoms with Crippen LogP contribution in [0.1, 0.15) is 25.3 Å². The topological polar surface area (TPSA) is 105 Å². The van der Waals surface area contributed by atoms with Gasteiger partial charge in [0, 0.05) is 19.5 Å². The van der Waals surface area contributed by atoms with Gasteiger partial charge in [0.2, 0.25) is 11.8 Å². The summed E-state index contributed by atoms with van der Waals surface area (Å²) in [6.45, 7) is 2.47. The molecule has 1 saturated heterocycles. The molecule has 8 heteroatoms. The van der Waals surface area contributed by atoms with Crippen LogP contribution in [-0.4, -0.2) is 61.1 Å². The van der Waals surface area contributed by atoms with Crippen LogP contribution >= 0.6 is 0 Å². The second kappa shape index (κ2) is 9.25. The van der Waals surface area contributed by atoms with Crippen LogP contribution in [0.4, 0.5) is 0 Å². The van der Waals surface area contributed by atoms with Crippen LogP contribution in [0.15, 0.2) is 18.2 Å². The molecular weight excluding hydrogens is 352 g/mol. The van der Waals surface area contributed by atoms with Gasteiger partial charge in [0.15, 0.2) is 11.5 Å². The molecule has 2 amide bonds. The van der Waals surface area contributed by atoms with Gasteiger partial charge in [-0.05, 0) is 30.5 Å². The first-order chi connectivity index (χ1) is 12.9. The summed E-state index contributed by atoms with van der Waals surface area (Å²) in [5.41, 5.74) is 0.991. The minimum Gasteiger partial charge on any atom is -0.493 e. The first-order valence-corrected chi connectivity index (χ1v) is 8.91. The number of hydrogen-bond donors (Lipinski definition) is 2. The van der Waals surface area contributed by atoms with Crippen molar-refractivity contribution in [1.82, 2.24) is 10.2 Å². The molecule has 1 aliphatic heterocycles. The van der Waals surface area contributed by atoms with Crippen LogP contribution in [0, 0.1) is 5.92 Å². The van der Waals surface area contributed by atoms with Gasteiger partial charge in [-0.2, -0.15) is 0 Å². The highest BCUT2D eigenvalue weighted by Crippen LogP contribution is 2.28. The third kappa shape index (κ3) is 5.12. The van der Waals surface area contributed by atoms with Gasteiger partial charge >= 0.3 is 5.97 Å². The summed E-state index contributed by atoms with van der Waals surface area (Å²) in [7, 11) is 3.13. The molecule has 8 nitrogen and oxygen atoms in total. The third-order valence-corrected chi connectivity index (χ3v) is 4.73. The van der Waals surface area contributed by atoms with Gasteiger partial charge in [0.1, 0.15) is 6.04 Å². The Hall–Kier alpha value is -2.77. The number of ether oxygens (including phenoxy) is 2. The van der Waals surface area contributed by atoms with Crippen molar-refractivity contribution in [1.29, 1.82) is 0 Å². The Labute approximate surface area is 158 Å². The quantitative estimate of drug-likeness (QED) is 0.666. The molecule has 0 radical (unpaired) electrons. The summed E-state index contributed by atoms with van der Waals surface area (Å²) in [5.74, 6) is -0.805. The van der Waals surface area contributed by atoms with E-state index >= 15 is 0 Å². The van der Waals surface area contributed by atoms with Crippen LogP contribution in [0.3, 0.4) is 0 Å². The lowest BCUT2D eigenvalue weighted by Crippen LogP contribution is -2.43. The molecule has 1 aliphatic rings. The van der Waals surface area contributed by atoms with E-state index in [1.807, 2.05) is 18.2 Å². The lowest BCUT2D eigenvalue weighted by atomic mass is 10.1. The Balaban J connectivity index is 1.92. The second-order valence-corrected chi connectivity index (χ2v) is 6.49. The third-order valence-electron chi connectivity index (χ3n) is 4.73. The van der Waals surface area contributed by atoms with Crippen LogP contribution < -0.4 is 14.8 Å². The number of carboxylic acid groups (broad SMARTS) is 1. The summed E-state index contributed by atoms with van der Waals surface area (Å²) in [6, 6.07) is 4.66. The van der Waals surface area contributed by atoms with Crippen LogP contribution in [0.5, 0.6) is 11.5 Å². The number of carbonyl (C=O) groups excluding carboxylic acids is 2. The molecule has 2 atom stereocenters. The number of carboxylic acids is 1. The molecule has 2 rings (SSSR count). The Kier molecular flexibility index (Phi) is 7.04. The van der Waals surface area contributed by atoms with Gasteiger partial charge in [-0.3, -0.25) is 9.59 Å². The number of rotatable bonds is 9. The Morgan fingerprint density at radius 1 is 1.30 bits per heavy atom. The van der Waals surface area contributed by atoms with E-state index < -0.39 is 17.9 Å². The van der Waals surface area contributed by atoms with Gasteiger partial charge in [0.25, 0.3) is 0 Å². The summed E-state index contributed by atoms with van der Waals surface area (Å²) in [5, 5.41) is 11.6. The van der Waals surface area contributed by atoms with Gasteiger partial charge in [-0.25, -0.2) is 4.79 Å². The minimum atomic E-state index is -1.07. The number of amides is 2. The van der Waals surface area contributed by atoms with Crippen molar-refractivity contribution >= 4 is 17.8 Å². The molecule has 0 aliphatic carbocycles. The van der Waals surface area contributed by atoms with Crippen LogP contribution in [0.2, 0.25) is 0 Å². The number of carbonyl (C=O) groups is 3. The highest BCUT2D eigenvalue weighted by atomic mass is 16.5. The molecule has 148 valence electrons. The lowest BCUT2D eigenvalue weighted by molar-refractivity contribution is -0.142. The molecule has 0 bridgehead atoms. The van der Waals surface area contributed by atoms with Crippen molar-refractivity contribution in [3.63, 3.8) is 0 Å². The van der Waals surface area contributed by atoms with Gasteiger partial charge in [0.05, 0.1) is 20.1 Å². The average molecular weight is 378 g/mol. The Morgan fingerprint density at radius 2 is 2.00 bits per heavy atom. The molecular formula is C19H26N2O6. The zero-order valence-corrected chi connectivity index (χ0v) is 15.9. The number of nitrogens with zero attached hydrogens (tertiary/aromatic N) is 1. The molecule has 1 fully saturated rings. The summed E-state index contributed by atoms with van der Waals surface area (Å²) in [6.07, 6.45) is 1.02. The smallest absolute Gasteiger partial charge is 0.326 e. The highest BCUT2D eigenvalue weighted by Gasteiger charge is 2.35. The lowest BCUT2D eigenvalue weighted by Gasteiger charge is -2.18. The van der Waals surface area contributed by atoms with Gasteiger partial charge in [-0.1, -0.05) is 13.0 Å². The predicted molar refractivity (Wildman–Crippen MR) is 97.8 cm³/mol. The van der Waals surface area contributed by atoms with Crippen molar-refractivity contribution in [3.8, 4) is 11.5 Å². The summed E-state index contributed by atoms with van der Waals surface area (Å²) >= 11 is 0. The van der Waals surface area contributed by atoms with Crippen molar-refractivity contribution in [2.45, 2.75) is 32.2 Å². The van der Waals surface area contributed by atoms with Gasteiger partial charge in [-0.15, -0.1) is 0 Å². The van der Waals surface area contributed by atoms with E-state index in [-0.39, 0.29) is 18.2 Å². The number of likely N-dealkylation sites (tertiary alicyclic amines) is 1. The molecule has 0 spiro atoms. The minimum absolute atomic E-state index is 0.0981. The van der Waals surface area contributed by atoms with E-state index in [0.29, 0.717) is 37.4 Å². The second-order valence-electron chi connectivity index (χ2n) is 6.49. The normalized spacial score (nSPS) is 17.5. The number of aliphatic carboxylic acids is 1. The number of methoxy groups -OCH3 is 2. The fourth-order valence-corrected chi connectivity index (χ4v) is 3.09. The van der Waals surface area contributed by atoms with Crippen molar-refractivity contribution < 1.29 is 29.0 Å². The average Bonchev–Trinajstić information content (AvgIpc) is 3.04. The molecule has 1 heterocycles. The van der Waals surface area contributed by atoms with Crippen molar-refractivity contribution in [2.24, 2.45) is 5.92 Å². The molecule has 0 saturated carbocycles. The van der Waals surface area contributed by atoms with Crippen LogP contribution in [-0.2, 0) is 20.8 Å². The molecule has 1 aromatic carbocycles. The number of hydrogen-bond acceptors (Lipinski definition) is 5. The van der Waals surface area contributed by atoms with Crippen molar-refractivity contribution in [3.05, 3.63) is 23.8 Å². The molecule has 2 unspecified atom stereocenters. The van der Waals surface area contributed by atoms with E-state index in [9.17, 15) is 14.4 Å². The Morgan fingerprint density at radius 3 is 2.59 bits per heavy atom. The van der Waals surface area contributed by atoms with E-state index in [1.165, 1.54) is 0 Å². The highest BCUT2D eigenvalue weighted by molar-refractivity contribution is 5.91. The largest absolute Gasteiger partial charge is 0.493 e. The SMILES string of the molecule is CCC(NC(=O)C1CC(=O)N(CCc2ccc(OC)c(OC)c2)C1)C(=O)O. The monoisotopic (exact) mass is 378 g/mol. The first kappa shape index (κ1) is 20.5. The maximum absolute atomic E-state index is 12.3. The molecule has 1 aromatic rings. The molecule has 2 N–H and O–H groups in total.